The quantitative estimate of drug-likeness (QED) is 0.244. The van der Waals surface area contributed by atoms with E-state index in [9.17, 15) is 31.1 Å². The zero-order chi connectivity index (χ0) is 26.5. The lowest BCUT2D eigenvalue weighted by atomic mass is 10.0. The minimum Gasteiger partial charge on any atom is -0.454 e. The molecule has 0 radical (unpaired) electrons. The summed E-state index contributed by atoms with van der Waals surface area (Å²) >= 11 is 1.15. The number of fused-ring (bicyclic) bond motifs is 1. The molecule has 0 saturated heterocycles. The molecule has 1 N–H and O–H groups in total. The highest BCUT2D eigenvalue weighted by atomic mass is 32.1. The summed E-state index contributed by atoms with van der Waals surface area (Å²) in [4.78, 5) is 17.2. The van der Waals surface area contributed by atoms with Crippen LogP contribution < -0.4 is 5.32 Å². The number of carbonyl (C=O) groups is 1. The van der Waals surface area contributed by atoms with Gasteiger partial charge in [-0.05, 0) is 37.3 Å². The highest BCUT2D eigenvalue weighted by Gasteiger charge is 2.37. The summed E-state index contributed by atoms with van der Waals surface area (Å²) in [5.41, 5.74) is -2.42. The van der Waals surface area contributed by atoms with E-state index in [4.69, 9.17) is 4.42 Å². The second-order valence-corrected chi connectivity index (χ2v) is 8.83. The minimum atomic E-state index is -5.08. The summed E-state index contributed by atoms with van der Waals surface area (Å²) in [6, 6.07) is 11.3. The molecule has 6 nitrogen and oxygen atoms in total. The molecule has 3 aromatic heterocycles. The molecule has 0 atom stereocenters. The fourth-order valence-corrected chi connectivity index (χ4v) is 4.37. The van der Waals surface area contributed by atoms with Crippen LogP contribution in [0.2, 0.25) is 0 Å². The van der Waals surface area contributed by atoms with Gasteiger partial charge in [0, 0.05) is 22.4 Å². The van der Waals surface area contributed by atoms with Crippen molar-refractivity contribution in [3.63, 3.8) is 0 Å². The fourth-order valence-electron chi connectivity index (χ4n) is 3.59. The molecule has 0 saturated carbocycles. The van der Waals surface area contributed by atoms with Crippen LogP contribution in [0.1, 0.15) is 27.2 Å². The van der Waals surface area contributed by atoms with Crippen LogP contribution in [-0.4, -0.2) is 20.7 Å². The van der Waals surface area contributed by atoms with Crippen molar-refractivity contribution in [1.82, 2.24) is 14.8 Å². The zero-order valence-electron chi connectivity index (χ0n) is 18.6. The number of halogens is 6. The maximum atomic E-state index is 13.2. The third-order valence-corrected chi connectivity index (χ3v) is 6.09. The van der Waals surface area contributed by atoms with E-state index in [0.29, 0.717) is 40.0 Å². The summed E-state index contributed by atoms with van der Waals surface area (Å²) in [5.74, 6) is -0.674. The molecule has 0 aliphatic rings. The Morgan fingerprint density at radius 3 is 2.30 bits per heavy atom. The number of alkyl halides is 6. The fraction of sp³-hybridized carbons (Fsp3) is 0.125. The molecular formula is C24H14F6N4O2S. The van der Waals surface area contributed by atoms with Gasteiger partial charge in [-0.15, -0.1) is 11.3 Å². The van der Waals surface area contributed by atoms with Gasteiger partial charge in [0.2, 0.25) is 5.13 Å². The van der Waals surface area contributed by atoms with Crippen LogP contribution in [0.5, 0.6) is 0 Å². The van der Waals surface area contributed by atoms with E-state index >= 15 is 0 Å². The van der Waals surface area contributed by atoms with E-state index < -0.39 is 35.0 Å². The second kappa shape index (κ2) is 8.76. The van der Waals surface area contributed by atoms with Crippen LogP contribution in [0.25, 0.3) is 27.6 Å². The van der Waals surface area contributed by atoms with Crippen molar-refractivity contribution in [1.29, 1.82) is 0 Å². The van der Waals surface area contributed by atoms with Crippen molar-refractivity contribution >= 4 is 34.0 Å². The molecule has 0 fully saturated rings. The maximum Gasteiger partial charge on any atom is 0.416 e. The van der Waals surface area contributed by atoms with Crippen molar-refractivity contribution < 1.29 is 35.6 Å². The number of thiazole rings is 1. The Morgan fingerprint density at radius 1 is 0.973 bits per heavy atom. The highest BCUT2D eigenvalue weighted by molar-refractivity contribution is 7.12. The lowest BCUT2D eigenvalue weighted by Crippen LogP contribution is -2.18. The van der Waals surface area contributed by atoms with Gasteiger partial charge in [-0.2, -0.15) is 36.1 Å². The summed E-state index contributed by atoms with van der Waals surface area (Å²) < 4.78 is 86.2. The average Bonchev–Trinajstić information content (AvgIpc) is 3.55. The topological polar surface area (TPSA) is 73.0 Å². The Morgan fingerprint density at radius 2 is 1.65 bits per heavy atom. The van der Waals surface area contributed by atoms with Crippen LogP contribution in [-0.2, 0) is 12.4 Å². The van der Waals surface area contributed by atoms with E-state index in [1.807, 2.05) is 18.2 Å². The van der Waals surface area contributed by atoms with Gasteiger partial charge in [0.25, 0.3) is 5.91 Å². The van der Waals surface area contributed by atoms with Crippen LogP contribution in [0.3, 0.4) is 0 Å². The molecule has 3 heterocycles. The predicted octanol–water partition coefficient (Wildman–Crippen LogP) is 7.34. The number of carbonyl (C=O) groups excluding carboxylic acids is 1. The number of rotatable bonds is 4. The number of amides is 1. The molecule has 0 spiro atoms. The summed E-state index contributed by atoms with van der Waals surface area (Å²) in [6.07, 6.45) is -10.2. The SMILES string of the molecule is Cc1cc(NC(=O)c2cc(C(F)(F)F)cc(C(F)(F)F)c2)n(-c2nc(-c3cc4ccccc4o3)cs2)n1. The molecule has 2 aromatic carbocycles. The maximum absolute atomic E-state index is 13.2. The second-order valence-electron chi connectivity index (χ2n) is 8.00. The van der Waals surface area contributed by atoms with Gasteiger partial charge in [0.05, 0.1) is 16.8 Å². The first kappa shape index (κ1) is 24.6. The minimum absolute atomic E-state index is 0.0129. The normalized spacial score (nSPS) is 12.3. The Balaban J connectivity index is 1.47. The largest absolute Gasteiger partial charge is 0.454 e. The number of anilines is 1. The number of para-hydroxylation sites is 1. The number of furan rings is 1. The molecule has 0 unspecified atom stereocenters. The van der Waals surface area contributed by atoms with Crippen molar-refractivity contribution in [2.45, 2.75) is 19.3 Å². The van der Waals surface area contributed by atoms with Gasteiger partial charge in [0.1, 0.15) is 17.1 Å². The van der Waals surface area contributed by atoms with Crippen LogP contribution >= 0.6 is 11.3 Å². The van der Waals surface area contributed by atoms with Crippen molar-refractivity contribution in [2.24, 2.45) is 0 Å². The van der Waals surface area contributed by atoms with E-state index in [2.05, 4.69) is 15.4 Å². The van der Waals surface area contributed by atoms with E-state index in [1.165, 1.54) is 10.7 Å². The molecule has 0 aliphatic heterocycles. The first-order valence-corrected chi connectivity index (χ1v) is 11.4. The average molecular weight is 536 g/mol. The molecule has 5 rings (SSSR count). The molecule has 5 aromatic rings. The monoisotopic (exact) mass is 536 g/mol. The first-order valence-electron chi connectivity index (χ1n) is 10.5. The smallest absolute Gasteiger partial charge is 0.416 e. The summed E-state index contributed by atoms with van der Waals surface area (Å²) in [5, 5.41) is 9.45. The third-order valence-electron chi connectivity index (χ3n) is 5.27. The van der Waals surface area contributed by atoms with Gasteiger partial charge in [-0.1, -0.05) is 18.2 Å². The number of nitrogens with zero attached hydrogens (tertiary/aromatic N) is 3. The number of hydrogen-bond acceptors (Lipinski definition) is 5. The molecule has 190 valence electrons. The van der Waals surface area contributed by atoms with Crippen LogP contribution in [0.15, 0.2) is 64.4 Å². The number of aryl methyl sites for hydroxylation is 1. The van der Waals surface area contributed by atoms with E-state index in [0.717, 1.165) is 16.7 Å². The predicted molar refractivity (Wildman–Crippen MR) is 124 cm³/mol. The lowest BCUT2D eigenvalue weighted by molar-refractivity contribution is -0.143. The first-order chi connectivity index (χ1) is 17.4. The van der Waals surface area contributed by atoms with Crippen LogP contribution in [0.4, 0.5) is 32.2 Å². The number of nitrogens with one attached hydrogen (secondary N) is 1. The summed E-state index contributed by atoms with van der Waals surface area (Å²) in [6.45, 7) is 1.60. The number of hydrogen-bond donors (Lipinski definition) is 1. The Hall–Kier alpha value is -4.13. The molecule has 0 aliphatic carbocycles. The number of aromatic nitrogens is 3. The molecule has 0 bridgehead atoms. The van der Waals surface area contributed by atoms with Gasteiger partial charge < -0.3 is 9.73 Å². The lowest BCUT2D eigenvalue weighted by Gasteiger charge is -2.14. The van der Waals surface area contributed by atoms with Crippen LogP contribution in [0, 0.1) is 6.92 Å². The molecule has 37 heavy (non-hydrogen) atoms. The third kappa shape index (κ3) is 4.94. The Bertz CT molecular complexity index is 1560. The van der Waals surface area contributed by atoms with Gasteiger partial charge in [-0.3, -0.25) is 4.79 Å². The molecule has 1 amide bonds. The van der Waals surface area contributed by atoms with Gasteiger partial charge in [0.15, 0.2) is 5.76 Å². The standard InChI is InChI=1S/C24H14F6N4O2S/c1-12-6-20(32-21(35)14-7-15(23(25,26)27)10-16(8-14)24(28,29)30)34(33-12)22-31-17(11-37-22)19-9-13-4-2-3-5-18(13)36-19/h2-11H,1H3,(H,32,35). The zero-order valence-corrected chi connectivity index (χ0v) is 19.4. The Kier molecular flexibility index (Phi) is 5.82. The number of benzene rings is 2. The van der Waals surface area contributed by atoms with E-state index in [1.54, 1.807) is 24.4 Å². The molecular weight excluding hydrogens is 522 g/mol. The van der Waals surface area contributed by atoms with Gasteiger partial charge >= 0.3 is 12.4 Å². The summed E-state index contributed by atoms with van der Waals surface area (Å²) in [7, 11) is 0. The van der Waals surface area contributed by atoms with Crippen molar-refractivity contribution in [2.75, 3.05) is 5.32 Å². The Labute approximate surface area is 208 Å². The highest BCUT2D eigenvalue weighted by Crippen LogP contribution is 2.37. The van der Waals surface area contributed by atoms with Crippen molar-refractivity contribution in [3.05, 3.63) is 82.4 Å². The van der Waals surface area contributed by atoms with E-state index in [-0.39, 0.29) is 11.9 Å². The molecule has 13 heteroatoms. The van der Waals surface area contributed by atoms with Gasteiger partial charge in [-0.25, -0.2) is 4.98 Å². The van der Waals surface area contributed by atoms with Crippen molar-refractivity contribution in [3.8, 4) is 16.6 Å².